The molecule has 1 heterocycles. The number of carbonyl (C=O) groups excluding carboxylic acids is 2. The molecule has 0 saturated carbocycles. The number of nitrogens with zero attached hydrogens (tertiary/aromatic N) is 4. The summed E-state index contributed by atoms with van der Waals surface area (Å²) in [6.07, 6.45) is 3.30. The maximum absolute atomic E-state index is 13.6. The standard InChI is InChI=1S/C30H33FN6O5S/c1-20(22-9-11-25(31)12-10-22)33-29(39)23-16-24(18-26(17-23)36(2)43(3,41)42)30(40)34-27(15-21-7-5-4-6-8-21)28(38)19-37-14-13-32-35-37/h4-14,16-18,20,27-28,38H,15,19H2,1-3H3,(H,33,39)(H,34,40)/t20-,27+,28+/m1/s1. The van der Waals surface area contributed by atoms with Crippen LogP contribution in [0.2, 0.25) is 0 Å². The van der Waals surface area contributed by atoms with Gasteiger partial charge in [0, 0.05) is 24.4 Å². The Balaban J connectivity index is 1.63. The second-order valence-corrected chi connectivity index (χ2v) is 12.2. The van der Waals surface area contributed by atoms with Gasteiger partial charge in [-0.25, -0.2) is 17.5 Å². The Bertz CT molecular complexity index is 1650. The van der Waals surface area contributed by atoms with Gasteiger partial charge in [0.2, 0.25) is 10.0 Å². The number of aliphatic hydroxyl groups excluding tert-OH is 1. The van der Waals surface area contributed by atoms with Crippen molar-refractivity contribution < 1.29 is 27.5 Å². The number of benzene rings is 3. The van der Waals surface area contributed by atoms with Gasteiger partial charge >= 0.3 is 0 Å². The highest BCUT2D eigenvalue weighted by Crippen LogP contribution is 2.22. The van der Waals surface area contributed by atoms with Crippen molar-refractivity contribution in [3.63, 3.8) is 0 Å². The molecule has 0 bridgehead atoms. The first-order chi connectivity index (χ1) is 20.4. The average Bonchev–Trinajstić information content (AvgIpc) is 3.49. The Morgan fingerprint density at radius 1 is 1.00 bits per heavy atom. The lowest BCUT2D eigenvalue weighted by molar-refractivity contribution is 0.0779. The topological polar surface area (TPSA) is 147 Å². The summed E-state index contributed by atoms with van der Waals surface area (Å²) in [5, 5.41) is 24.4. The molecular formula is C30H33FN6O5S. The smallest absolute Gasteiger partial charge is 0.251 e. The van der Waals surface area contributed by atoms with Gasteiger partial charge in [-0.15, -0.1) is 5.10 Å². The van der Waals surface area contributed by atoms with Gasteiger partial charge in [-0.1, -0.05) is 47.7 Å². The molecule has 0 unspecified atom stereocenters. The van der Waals surface area contributed by atoms with Gasteiger partial charge in [0.1, 0.15) is 5.82 Å². The molecule has 0 saturated heterocycles. The summed E-state index contributed by atoms with van der Waals surface area (Å²) in [5.41, 5.74) is 1.67. The second kappa shape index (κ2) is 13.6. The van der Waals surface area contributed by atoms with Gasteiger partial charge in [-0.2, -0.15) is 0 Å². The SMILES string of the molecule is C[C@@H](NC(=O)c1cc(C(=O)N[C@@H](Cc2ccccc2)[C@@H](O)Cn2ccnn2)cc(N(C)S(C)(=O)=O)c1)c1ccc(F)cc1. The molecule has 0 fully saturated rings. The van der Waals surface area contributed by atoms with Gasteiger partial charge in [-0.3, -0.25) is 13.9 Å². The van der Waals surface area contributed by atoms with Crippen LogP contribution < -0.4 is 14.9 Å². The molecule has 11 nitrogen and oxygen atoms in total. The summed E-state index contributed by atoms with van der Waals surface area (Å²) < 4.78 is 40.5. The van der Waals surface area contributed by atoms with Gasteiger partial charge in [-0.05, 0) is 54.8 Å². The minimum atomic E-state index is -3.74. The van der Waals surface area contributed by atoms with E-state index in [0.717, 1.165) is 16.1 Å². The van der Waals surface area contributed by atoms with E-state index in [1.54, 1.807) is 25.3 Å². The molecule has 4 aromatic rings. The average molecular weight is 609 g/mol. The predicted molar refractivity (Wildman–Crippen MR) is 159 cm³/mol. The molecular weight excluding hydrogens is 575 g/mol. The molecule has 3 N–H and O–H groups in total. The van der Waals surface area contributed by atoms with Crippen molar-refractivity contribution in [2.24, 2.45) is 0 Å². The summed E-state index contributed by atoms with van der Waals surface area (Å²) in [5.74, 6) is -1.60. The van der Waals surface area contributed by atoms with Gasteiger partial charge < -0.3 is 15.7 Å². The normalized spacial score (nSPS) is 13.5. The largest absolute Gasteiger partial charge is 0.389 e. The predicted octanol–water partition coefficient (Wildman–Crippen LogP) is 2.71. The zero-order valence-corrected chi connectivity index (χ0v) is 24.7. The van der Waals surface area contributed by atoms with Crippen LogP contribution in [-0.2, 0) is 23.0 Å². The van der Waals surface area contributed by atoms with Crippen LogP contribution in [0.1, 0.15) is 44.8 Å². The van der Waals surface area contributed by atoms with E-state index >= 15 is 0 Å². The highest BCUT2D eigenvalue weighted by molar-refractivity contribution is 7.92. The van der Waals surface area contributed by atoms with Gasteiger partial charge in [0.05, 0.1) is 42.9 Å². The third-order valence-electron chi connectivity index (χ3n) is 6.95. The number of rotatable bonds is 12. The van der Waals surface area contributed by atoms with Crippen molar-refractivity contribution in [1.29, 1.82) is 0 Å². The van der Waals surface area contributed by atoms with Crippen molar-refractivity contribution >= 4 is 27.5 Å². The molecule has 43 heavy (non-hydrogen) atoms. The monoisotopic (exact) mass is 608 g/mol. The maximum atomic E-state index is 13.6. The lowest BCUT2D eigenvalue weighted by atomic mass is 10.00. The van der Waals surface area contributed by atoms with E-state index < -0.39 is 45.8 Å². The van der Waals surface area contributed by atoms with Crippen molar-refractivity contribution in [2.45, 2.75) is 38.1 Å². The van der Waals surface area contributed by atoms with Crippen LogP contribution in [-0.4, -0.2) is 65.8 Å². The minimum absolute atomic E-state index is 0.0126. The number of nitrogens with one attached hydrogen (secondary N) is 2. The fourth-order valence-electron chi connectivity index (χ4n) is 4.41. The Morgan fingerprint density at radius 3 is 2.21 bits per heavy atom. The summed E-state index contributed by atoms with van der Waals surface area (Å²) in [7, 11) is -2.42. The fraction of sp³-hybridized carbons (Fsp3) is 0.267. The molecule has 0 aliphatic carbocycles. The van der Waals surface area contributed by atoms with Crippen molar-refractivity contribution in [3.8, 4) is 0 Å². The molecule has 2 amide bonds. The van der Waals surface area contributed by atoms with E-state index in [2.05, 4.69) is 20.9 Å². The van der Waals surface area contributed by atoms with Crippen molar-refractivity contribution in [1.82, 2.24) is 25.6 Å². The molecule has 1 aromatic heterocycles. The first-order valence-corrected chi connectivity index (χ1v) is 15.3. The van der Waals surface area contributed by atoms with Crippen LogP contribution in [0, 0.1) is 5.82 Å². The lowest BCUT2D eigenvalue weighted by Crippen LogP contribution is -2.46. The molecule has 0 aliphatic heterocycles. The minimum Gasteiger partial charge on any atom is -0.389 e. The van der Waals surface area contributed by atoms with E-state index in [1.807, 2.05) is 30.3 Å². The lowest BCUT2D eigenvalue weighted by Gasteiger charge is -2.25. The van der Waals surface area contributed by atoms with Crippen molar-refractivity contribution in [2.75, 3.05) is 17.6 Å². The van der Waals surface area contributed by atoms with Crippen molar-refractivity contribution in [3.05, 3.63) is 113 Å². The van der Waals surface area contributed by atoms with Gasteiger partial charge in [0.25, 0.3) is 11.8 Å². The Labute approximate surface area is 249 Å². The third-order valence-corrected chi connectivity index (χ3v) is 8.15. The molecule has 226 valence electrons. The second-order valence-electron chi connectivity index (χ2n) is 10.2. The third kappa shape index (κ3) is 8.46. The van der Waals surface area contributed by atoms with Crippen LogP contribution in [0.15, 0.2) is 85.2 Å². The molecule has 3 atom stereocenters. The zero-order chi connectivity index (χ0) is 31.1. The fourth-order valence-corrected chi connectivity index (χ4v) is 4.90. The number of anilines is 1. The molecule has 13 heteroatoms. The Morgan fingerprint density at radius 2 is 1.63 bits per heavy atom. The number of aromatic nitrogens is 3. The molecule has 4 rings (SSSR count). The molecule has 0 radical (unpaired) electrons. The van der Waals surface area contributed by atoms with Crippen LogP contribution in [0.3, 0.4) is 0 Å². The van der Waals surface area contributed by atoms with Crippen LogP contribution >= 0.6 is 0 Å². The van der Waals surface area contributed by atoms with E-state index in [0.29, 0.717) is 5.56 Å². The van der Waals surface area contributed by atoms with E-state index in [9.17, 15) is 27.5 Å². The first-order valence-electron chi connectivity index (χ1n) is 13.4. The highest BCUT2D eigenvalue weighted by atomic mass is 32.2. The molecule has 0 spiro atoms. The van der Waals surface area contributed by atoms with Crippen LogP contribution in [0.4, 0.5) is 10.1 Å². The highest BCUT2D eigenvalue weighted by Gasteiger charge is 2.25. The molecule has 3 aromatic carbocycles. The number of sulfonamides is 1. The van der Waals surface area contributed by atoms with Crippen LogP contribution in [0.25, 0.3) is 0 Å². The summed E-state index contributed by atoms with van der Waals surface area (Å²) in [4.78, 5) is 26.9. The summed E-state index contributed by atoms with van der Waals surface area (Å²) >= 11 is 0. The van der Waals surface area contributed by atoms with E-state index in [4.69, 9.17) is 0 Å². The number of halogens is 1. The number of amides is 2. The Kier molecular flexibility index (Phi) is 9.88. The number of carbonyl (C=O) groups is 2. The van der Waals surface area contributed by atoms with Gasteiger partial charge in [0.15, 0.2) is 0 Å². The zero-order valence-electron chi connectivity index (χ0n) is 23.9. The maximum Gasteiger partial charge on any atom is 0.251 e. The summed E-state index contributed by atoms with van der Waals surface area (Å²) in [6.45, 7) is 1.78. The number of hydrogen-bond donors (Lipinski definition) is 3. The van der Waals surface area contributed by atoms with E-state index in [-0.39, 0.29) is 29.8 Å². The summed E-state index contributed by atoms with van der Waals surface area (Å²) in [6, 6.07) is 17.7. The number of hydrogen-bond acceptors (Lipinski definition) is 7. The quantitative estimate of drug-likeness (QED) is 0.224. The van der Waals surface area contributed by atoms with Crippen LogP contribution in [0.5, 0.6) is 0 Å². The molecule has 0 aliphatic rings. The van der Waals surface area contributed by atoms with E-state index in [1.165, 1.54) is 48.3 Å². The number of aliphatic hydroxyl groups is 1. The first kappa shape index (κ1) is 31.3. The Hall–Kier alpha value is -4.62.